The molecule has 1 heterocycles. The molecule has 2 aromatic carbocycles. The smallest absolute Gasteiger partial charge is 0.254 e. The van der Waals surface area contributed by atoms with Gasteiger partial charge in [-0.05, 0) is 41.8 Å². The van der Waals surface area contributed by atoms with Crippen LogP contribution in [0.1, 0.15) is 27.0 Å². The van der Waals surface area contributed by atoms with Crippen LogP contribution < -0.4 is 5.73 Å². The van der Waals surface area contributed by atoms with Gasteiger partial charge in [-0.25, -0.2) is 0 Å². The van der Waals surface area contributed by atoms with Gasteiger partial charge in [-0.1, -0.05) is 18.2 Å². The van der Waals surface area contributed by atoms with Crippen LogP contribution in [0.2, 0.25) is 0 Å². The fourth-order valence-corrected chi connectivity index (χ4v) is 2.59. The van der Waals surface area contributed by atoms with Crippen LogP contribution >= 0.6 is 0 Å². The third-order valence-electron chi connectivity index (χ3n) is 3.76. The van der Waals surface area contributed by atoms with E-state index in [0.29, 0.717) is 29.9 Å². The lowest BCUT2D eigenvalue weighted by Crippen LogP contribution is -2.37. The van der Waals surface area contributed by atoms with Crippen LogP contribution in [0.15, 0.2) is 42.5 Å². The van der Waals surface area contributed by atoms with E-state index in [1.54, 1.807) is 18.2 Å². The molecule has 4 nitrogen and oxygen atoms in total. The molecule has 0 saturated carbocycles. The number of nitrogen functional groups attached to an aromatic ring is 1. The Labute approximate surface area is 123 Å². The highest BCUT2D eigenvalue weighted by atomic mass is 16.2. The number of nitriles is 1. The Morgan fingerprint density at radius 1 is 1.19 bits per heavy atom. The van der Waals surface area contributed by atoms with Crippen molar-refractivity contribution in [3.8, 4) is 6.07 Å². The van der Waals surface area contributed by atoms with Crippen LogP contribution in [0.5, 0.6) is 0 Å². The van der Waals surface area contributed by atoms with Gasteiger partial charge in [-0.2, -0.15) is 5.26 Å². The van der Waals surface area contributed by atoms with E-state index in [9.17, 15) is 4.79 Å². The molecule has 1 aliphatic rings. The molecule has 2 N–H and O–H groups in total. The lowest BCUT2D eigenvalue weighted by Gasteiger charge is -2.28. The lowest BCUT2D eigenvalue weighted by molar-refractivity contribution is 0.0727. The van der Waals surface area contributed by atoms with Crippen molar-refractivity contribution in [2.75, 3.05) is 12.3 Å². The van der Waals surface area contributed by atoms with Gasteiger partial charge in [-0.15, -0.1) is 0 Å². The summed E-state index contributed by atoms with van der Waals surface area (Å²) in [6.07, 6.45) is 0.845. The minimum atomic E-state index is 0.0212. The molecule has 0 aromatic heterocycles. The highest BCUT2D eigenvalue weighted by Crippen LogP contribution is 2.22. The maximum Gasteiger partial charge on any atom is 0.254 e. The molecule has 0 atom stereocenters. The average Bonchev–Trinajstić information content (AvgIpc) is 2.51. The largest absolute Gasteiger partial charge is 0.399 e. The van der Waals surface area contributed by atoms with Crippen LogP contribution in [-0.4, -0.2) is 17.4 Å². The fraction of sp³-hybridized carbons (Fsp3) is 0.176. The summed E-state index contributed by atoms with van der Waals surface area (Å²) in [5.74, 6) is 0.0212. The number of carbonyl (C=O) groups excluding carboxylic acids is 1. The molecule has 0 radical (unpaired) electrons. The first-order valence-electron chi connectivity index (χ1n) is 6.84. The van der Waals surface area contributed by atoms with E-state index in [4.69, 9.17) is 11.0 Å². The fourth-order valence-electron chi connectivity index (χ4n) is 2.59. The Morgan fingerprint density at radius 3 is 2.67 bits per heavy atom. The first-order chi connectivity index (χ1) is 10.2. The van der Waals surface area contributed by atoms with Crippen LogP contribution in [0.3, 0.4) is 0 Å². The summed E-state index contributed by atoms with van der Waals surface area (Å²) in [7, 11) is 0. The van der Waals surface area contributed by atoms with Crippen LogP contribution in [0.25, 0.3) is 0 Å². The van der Waals surface area contributed by atoms with Crippen molar-refractivity contribution >= 4 is 11.6 Å². The third kappa shape index (κ3) is 2.59. The lowest BCUT2D eigenvalue weighted by atomic mass is 9.98. The van der Waals surface area contributed by atoms with E-state index in [-0.39, 0.29) is 5.91 Å². The summed E-state index contributed by atoms with van der Waals surface area (Å²) in [5.41, 5.74) is 9.80. The van der Waals surface area contributed by atoms with Gasteiger partial charge in [-0.3, -0.25) is 4.79 Å². The highest BCUT2D eigenvalue weighted by molar-refractivity contribution is 5.97. The zero-order valence-electron chi connectivity index (χ0n) is 11.5. The molecule has 0 bridgehead atoms. The molecule has 2 aromatic rings. The predicted octanol–water partition coefficient (Wildman–Crippen LogP) is 2.34. The number of nitrogens with two attached hydrogens (primary N) is 1. The van der Waals surface area contributed by atoms with Crippen molar-refractivity contribution in [3.05, 3.63) is 64.7 Å². The minimum absolute atomic E-state index is 0.0212. The molecule has 0 aliphatic carbocycles. The molecule has 21 heavy (non-hydrogen) atoms. The number of anilines is 1. The van der Waals surface area contributed by atoms with Gasteiger partial charge in [0.1, 0.15) is 0 Å². The number of fused-ring (bicyclic) bond motifs is 1. The molecule has 1 amide bonds. The highest BCUT2D eigenvalue weighted by Gasteiger charge is 2.24. The maximum atomic E-state index is 12.5. The summed E-state index contributed by atoms with van der Waals surface area (Å²) >= 11 is 0. The number of hydrogen-bond acceptors (Lipinski definition) is 3. The van der Waals surface area contributed by atoms with Gasteiger partial charge in [0.15, 0.2) is 0 Å². The summed E-state index contributed by atoms with van der Waals surface area (Å²) in [5, 5.41) is 8.80. The second-order valence-corrected chi connectivity index (χ2v) is 5.20. The number of rotatable bonds is 2. The third-order valence-corrected chi connectivity index (χ3v) is 3.76. The average molecular weight is 277 g/mol. The van der Waals surface area contributed by atoms with Crippen molar-refractivity contribution in [2.45, 2.75) is 13.0 Å². The maximum absolute atomic E-state index is 12.5. The van der Waals surface area contributed by atoms with Crippen molar-refractivity contribution in [1.29, 1.82) is 5.26 Å². The Kier molecular flexibility index (Phi) is 3.33. The van der Waals surface area contributed by atoms with E-state index < -0.39 is 0 Å². The SMILES string of the molecule is N#Cc1ccc(CN2CCc3ccc(N)cc3C2=O)cc1. The first-order valence-corrected chi connectivity index (χ1v) is 6.84. The van der Waals surface area contributed by atoms with E-state index in [2.05, 4.69) is 6.07 Å². The normalized spacial score (nSPS) is 13.7. The molecule has 0 fully saturated rings. The molecule has 4 heteroatoms. The molecule has 104 valence electrons. The van der Waals surface area contributed by atoms with Crippen LogP contribution in [0, 0.1) is 11.3 Å². The van der Waals surface area contributed by atoms with E-state index in [1.807, 2.05) is 29.2 Å². The topological polar surface area (TPSA) is 70.1 Å². The number of amides is 1. The molecule has 1 aliphatic heterocycles. The minimum Gasteiger partial charge on any atom is -0.399 e. The number of hydrogen-bond donors (Lipinski definition) is 1. The first kappa shape index (κ1) is 13.2. The van der Waals surface area contributed by atoms with Gasteiger partial charge in [0.2, 0.25) is 0 Å². The second-order valence-electron chi connectivity index (χ2n) is 5.20. The van der Waals surface area contributed by atoms with Gasteiger partial charge < -0.3 is 10.6 Å². The van der Waals surface area contributed by atoms with E-state index in [1.165, 1.54) is 0 Å². The van der Waals surface area contributed by atoms with Gasteiger partial charge in [0, 0.05) is 24.3 Å². The molecule has 0 spiro atoms. The summed E-state index contributed by atoms with van der Waals surface area (Å²) in [4.78, 5) is 14.3. The zero-order chi connectivity index (χ0) is 14.8. The monoisotopic (exact) mass is 277 g/mol. The van der Waals surface area contributed by atoms with Crippen LogP contribution in [0.4, 0.5) is 5.69 Å². The summed E-state index contributed by atoms with van der Waals surface area (Å²) < 4.78 is 0. The van der Waals surface area contributed by atoms with Crippen molar-refractivity contribution in [3.63, 3.8) is 0 Å². The Balaban J connectivity index is 1.81. The summed E-state index contributed by atoms with van der Waals surface area (Å²) in [6.45, 7) is 1.26. The Bertz CT molecular complexity index is 729. The Morgan fingerprint density at radius 2 is 1.95 bits per heavy atom. The standard InChI is InChI=1S/C17H15N3O/c18-10-12-1-3-13(4-2-12)11-20-8-7-14-5-6-15(19)9-16(14)17(20)21/h1-6,9H,7-8,11,19H2. The van der Waals surface area contributed by atoms with E-state index in [0.717, 1.165) is 17.5 Å². The molecular weight excluding hydrogens is 262 g/mol. The summed E-state index contributed by atoms with van der Waals surface area (Å²) in [6, 6.07) is 14.9. The van der Waals surface area contributed by atoms with Gasteiger partial charge >= 0.3 is 0 Å². The van der Waals surface area contributed by atoms with Gasteiger partial charge in [0.05, 0.1) is 11.6 Å². The number of carbonyl (C=O) groups is 1. The molecule has 0 unspecified atom stereocenters. The molecule has 3 rings (SSSR count). The number of nitrogens with zero attached hydrogens (tertiary/aromatic N) is 2. The number of benzene rings is 2. The zero-order valence-corrected chi connectivity index (χ0v) is 11.5. The van der Waals surface area contributed by atoms with E-state index >= 15 is 0 Å². The van der Waals surface area contributed by atoms with Crippen molar-refractivity contribution in [1.82, 2.24) is 4.90 Å². The van der Waals surface area contributed by atoms with Crippen molar-refractivity contribution in [2.24, 2.45) is 0 Å². The Hall–Kier alpha value is -2.80. The van der Waals surface area contributed by atoms with Crippen LogP contribution in [-0.2, 0) is 13.0 Å². The second kappa shape index (κ2) is 5.29. The predicted molar refractivity (Wildman–Crippen MR) is 80.5 cm³/mol. The molecular formula is C17H15N3O. The molecule has 0 saturated heterocycles. The van der Waals surface area contributed by atoms with Gasteiger partial charge in [0.25, 0.3) is 5.91 Å². The quantitative estimate of drug-likeness (QED) is 0.856. The van der Waals surface area contributed by atoms with Crippen molar-refractivity contribution < 1.29 is 4.79 Å².